The molecule has 0 radical (unpaired) electrons. The van der Waals surface area contributed by atoms with E-state index in [4.69, 9.17) is 0 Å². The SMILES string of the molecule is Cc1cc(F)cc(C(=O)Nc2ccccc2C(C)Br)c1. The largest absolute Gasteiger partial charge is 0.322 e. The number of halogens is 2. The highest BCUT2D eigenvalue weighted by molar-refractivity contribution is 9.09. The van der Waals surface area contributed by atoms with Crippen LogP contribution in [0, 0.1) is 12.7 Å². The van der Waals surface area contributed by atoms with E-state index in [-0.39, 0.29) is 10.7 Å². The normalized spacial score (nSPS) is 12.0. The first-order chi connectivity index (χ1) is 9.47. The van der Waals surface area contributed by atoms with Crippen molar-refractivity contribution in [2.75, 3.05) is 5.32 Å². The van der Waals surface area contributed by atoms with Gasteiger partial charge in [-0.15, -0.1) is 0 Å². The maximum Gasteiger partial charge on any atom is 0.255 e. The quantitative estimate of drug-likeness (QED) is 0.798. The van der Waals surface area contributed by atoms with Crippen LogP contribution in [0.25, 0.3) is 0 Å². The van der Waals surface area contributed by atoms with Gasteiger partial charge in [-0.3, -0.25) is 4.79 Å². The topological polar surface area (TPSA) is 29.1 Å². The summed E-state index contributed by atoms with van der Waals surface area (Å²) < 4.78 is 13.3. The van der Waals surface area contributed by atoms with E-state index in [9.17, 15) is 9.18 Å². The molecule has 2 aromatic rings. The second kappa shape index (κ2) is 6.18. The molecule has 0 bridgehead atoms. The minimum atomic E-state index is -0.405. The van der Waals surface area contributed by atoms with E-state index in [1.54, 1.807) is 13.0 Å². The van der Waals surface area contributed by atoms with E-state index in [1.807, 2.05) is 31.2 Å². The lowest BCUT2D eigenvalue weighted by molar-refractivity contribution is 0.102. The lowest BCUT2D eigenvalue weighted by atomic mass is 10.1. The minimum Gasteiger partial charge on any atom is -0.322 e. The van der Waals surface area contributed by atoms with Crippen LogP contribution in [0.3, 0.4) is 0 Å². The van der Waals surface area contributed by atoms with Gasteiger partial charge in [-0.1, -0.05) is 34.1 Å². The Balaban J connectivity index is 2.28. The van der Waals surface area contributed by atoms with Gasteiger partial charge in [-0.05, 0) is 49.2 Å². The Kier molecular flexibility index (Phi) is 4.55. The van der Waals surface area contributed by atoms with Crippen molar-refractivity contribution in [3.8, 4) is 0 Å². The summed E-state index contributed by atoms with van der Waals surface area (Å²) in [5, 5.41) is 2.83. The van der Waals surface area contributed by atoms with Crippen LogP contribution in [0.4, 0.5) is 10.1 Å². The van der Waals surface area contributed by atoms with Crippen LogP contribution in [-0.2, 0) is 0 Å². The number of alkyl halides is 1. The molecule has 1 N–H and O–H groups in total. The van der Waals surface area contributed by atoms with Crippen LogP contribution in [0.15, 0.2) is 42.5 Å². The van der Waals surface area contributed by atoms with Crippen LogP contribution in [0.2, 0.25) is 0 Å². The summed E-state index contributed by atoms with van der Waals surface area (Å²) in [5.41, 5.74) is 2.74. The monoisotopic (exact) mass is 335 g/mol. The number of carbonyl (C=O) groups excluding carboxylic acids is 1. The van der Waals surface area contributed by atoms with Crippen molar-refractivity contribution < 1.29 is 9.18 Å². The standard InChI is InChI=1S/C16H15BrFNO/c1-10-7-12(9-13(18)8-10)16(20)19-15-6-4-3-5-14(15)11(2)17/h3-9,11H,1-2H3,(H,19,20). The molecule has 1 amide bonds. The number of rotatable bonds is 3. The van der Waals surface area contributed by atoms with Gasteiger partial charge in [0.2, 0.25) is 0 Å². The lowest BCUT2D eigenvalue weighted by Gasteiger charge is -2.13. The Hall–Kier alpha value is -1.68. The predicted octanol–water partition coefficient (Wildman–Crippen LogP) is 4.84. The summed E-state index contributed by atoms with van der Waals surface area (Å²) in [6, 6.07) is 11.8. The van der Waals surface area contributed by atoms with Gasteiger partial charge in [-0.25, -0.2) is 4.39 Å². The Morgan fingerprint density at radius 1 is 1.25 bits per heavy atom. The van der Waals surface area contributed by atoms with E-state index < -0.39 is 5.82 Å². The number of aryl methyl sites for hydroxylation is 1. The molecule has 104 valence electrons. The first-order valence-electron chi connectivity index (χ1n) is 6.29. The molecule has 0 aliphatic rings. The third kappa shape index (κ3) is 3.45. The summed E-state index contributed by atoms with van der Waals surface area (Å²) in [5.74, 6) is -0.717. The number of carbonyl (C=O) groups is 1. The average Bonchev–Trinajstić information content (AvgIpc) is 2.37. The van der Waals surface area contributed by atoms with Crippen molar-refractivity contribution in [3.05, 3.63) is 65.0 Å². The maximum absolute atomic E-state index is 13.3. The van der Waals surface area contributed by atoms with Gasteiger partial charge in [0, 0.05) is 16.1 Å². The zero-order valence-corrected chi connectivity index (χ0v) is 12.9. The smallest absolute Gasteiger partial charge is 0.255 e. The molecule has 0 heterocycles. The minimum absolute atomic E-state index is 0.119. The summed E-state index contributed by atoms with van der Waals surface area (Å²) in [4.78, 5) is 12.3. The number of hydrogen-bond donors (Lipinski definition) is 1. The number of para-hydroxylation sites is 1. The van der Waals surface area contributed by atoms with Crippen LogP contribution < -0.4 is 5.32 Å². The molecule has 0 aromatic heterocycles. The first kappa shape index (κ1) is 14.7. The molecule has 2 nitrogen and oxygen atoms in total. The first-order valence-corrected chi connectivity index (χ1v) is 7.20. The molecule has 4 heteroatoms. The molecule has 0 saturated carbocycles. The van der Waals surface area contributed by atoms with E-state index in [2.05, 4.69) is 21.2 Å². The Labute approximate surface area is 126 Å². The highest BCUT2D eigenvalue weighted by atomic mass is 79.9. The molecule has 1 unspecified atom stereocenters. The van der Waals surface area contributed by atoms with E-state index in [1.165, 1.54) is 12.1 Å². The van der Waals surface area contributed by atoms with E-state index in [0.717, 1.165) is 16.8 Å². The number of anilines is 1. The third-order valence-electron chi connectivity index (χ3n) is 2.94. The molecule has 0 spiro atoms. The molecule has 0 fully saturated rings. The zero-order valence-electron chi connectivity index (χ0n) is 11.3. The van der Waals surface area contributed by atoms with E-state index >= 15 is 0 Å². The second-order valence-corrected chi connectivity index (χ2v) is 6.05. The summed E-state index contributed by atoms with van der Waals surface area (Å²) in [7, 11) is 0. The average molecular weight is 336 g/mol. The number of benzene rings is 2. The number of nitrogens with one attached hydrogen (secondary N) is 1. The van der Waals surface area contributed by atoms with Crippen LogP contribution in [0.5, 0.6) is 0 Å². The molecule has 0 aliphatic carbocycles. The molecule has 1 atom stereocenters. The van der Waals surface area contributed by atoms with Gasteiger partial charge in [-0.2, -0.15) is 0 Å². The zero-order chi connectivity index (χ0) is 14.7. The lowest BCUT2D eigenvalue weighted by Crippen LogP contribution is -2.14. The van der Waals surface area contributed by atoms with Crippen molar-refractivity contribution in [2.24, 2.45) is 0 Å². The highest BCUT2D eigenvalue weighted by Gasteiger charge is 2.12. The molecule has 0 saturated heterocycles. The van der Waals surface area contributed by atoms with E-state index in [0.29, 0.717) is 5.56 Å². The van der Waals surface area contributed by atoms with Gasteiger partial charge in [0.1, 0.15) is 5.82 Å². The van der Waals surface area contributed by atoms with Gasteiger partial charge < -0.3 is 5.32 Å². The molecule has 2 rings (SSSR count). The van der Waals surface area contributed by atoms with Crippen molar-refractivity contribution in [2.45, 2.75) is 18.7 Å². The van der Waals surface area contributed by atoms with Crippen molar-refractivity contribution in [3.63, 3.8) is 0 Å². The molecular weight excluding hydrogens is 321 g/mol. The van der Waals surface area contributed by atoms with Crippen LogP contribution in [0.1, 0.15) is 33.2 Å². The van der Waals surface area contributed by atoms with Gasteiger partial charge >= 0.3 is 0 Å². The Morgan fingerprint density at radius 2 is 1.95 bits per heavy atom. The van der Waals surface area contributed by atoms with Gasteiger partial charge in [0.15, 0.2) is 0 Å². The van der Waals surface area contributed by atoms with Crippen LogP contribution in [-0.4, -0.2) is 5.91 Å². The summed E-state index contributed by atoms with van der Waals surface area (Å²) in [6.07, 6.45) is 0. The maximum atomic E-state index is 13.3. The molecule has 2 aromatic carbocycles. The third-order valence-corrected chi connectivity index (χ3v) is 3.44. The summed E-state index contributed by atoms with van der Waals surface area (Å²) in [6.45, 7) is 3.74. The molecule has 20 heavy (non-hydrogen) atoms. The van der Waals surface area contributed by atoms with Crippen molar-refractivity contribution in [1.82, 2.24) is 0 Å². The van der Waals surface area contributed by atoms with Crippen molar-refractivity contribution in [1.29, 1.82) is 0 Å². The van der Waals surface area contributed by atoms with Gasteiger partial charge in [0.05, 0.1) is 0 Å². The molecular formula is C16H15BrFNO. The highest BCUT2D eigenvalue weighted by Crippen LogP contribution is 2.29. The van der Waals surface area contributed by atoms with Crippen LogP contribution >= 0.6 is 15.9 Å². The van der Waals surface area contributed by atoms with Crippen molar-refractivity contribution >= 4 is 27.5 Å². The number of hydrogen-bond acceptors (Lipinski definition) is 1. The summed E-state index contributed by atoms with van der Waals surface area (Å²) >= 11 is 3.49. The fourth-order valence-corrected chi connectivity index (χ4v) is 2.42. The second-order valence-electron chi connectivity index (χ2n) is 4.67. The predicted molar refractivity (Wildman–Crippen MR) is 82.9 cm³/mol. The molecule has 0 aliphatic heterocycles. The fourth-order valence-electron chi connectivity index (χ4n) is 2.02. The fraction of sp³-hybridized carbons (Fsp3) is 0.188. The number of amides is 1. The van der Waals surface area contributed by atoms with Gasteiger partial charge in [0.25, 0.3) is 5.91 Å². The Bertz CT molecular complexity index is 620. The Morgan fingerprint density at radius 3 is 2.60 bits per heavy atom.